The first-order valence-electron chi connectivity index (χ1n) is 11.7. The highest BCUT2D eigenvalue weighted by atomic mass is 16.5. The van der Waals surface area contributed by atoms with Gasteiger partial charge in [-0.15, -0.1) is 0 Å². The lowest BCUT2D eigenvalue weighted by atomic mass is 10.0. The number of rotatable bonds is 7. The molecular weight excluding hydrogens is 442 g/mol. The molecule has 5 aromatic rings. The van der Waals surface area contributed by atoms with Gasteiger partial charge in [0.2, 0.25) is 0 Å². The number of ketones is 1. The highest BCUT2D eigenvalue weighted by Crippen LogP contribution is 2.25. The Labute approximate surface area is 201 Å². The topological polar surface area (TPSA) is 105 Å². The van der Waals surface area contributed by atoms with E-state index in [1.54, 1.807) is 12.4 Å². The molecule has 1 fully saturated rings. The third-order valence-electron chi connectivity index (χ3n) is 6.34. The first-order chi connectivity index (χ1) is 17.2. The number of nitrogens with zero attached hydrogens (tertiary/aromatic N) is 5. The molecule has 9 nitrogen and oxygen atoms in total. The van der Waals surface area contributed by atoms with Crippen molar-refractivity contribution in [3.8, 4) is 11.1 Å². The monoisotopic (exact) mass is 467 g/mol. The van der Waals surface area contributed by atoms with Crippen molar-refractivity contribution in [1.82, 2.24) is 30.2 Å². The lowest BCUT2D eigenvalue weighted by Gasteiger charge is -2.29. The number of Topliss-reactive ketones (excluding diaryl/α,β-unsaturated/α-hetero) is 1. The van der Waals surface area contributed by atoms with E-state index in [1.807, 2.05) is 35.3 Å². The second-order valence-electron chi connectivity index (χ2n) is 8.73. The number of H-pyrrole nitrogens is 2. The molecule has 4 heterocycles. The molecule has 6 rings (SSSR count). The fourth-order valence-corrected chi connectivity index (χ4v) is 4.53. The Kier molecular flexibility index (Phi) is 5.59. The van der Waals surface area contributed by atoms with Crippen molar-refractivity contribution in [1.29, 1.82) is 0 Å². The quantitative estimate of drug-likeness (QED) is 0.355. The number of aromatic amines is 2. The predicted octanol–water partition coefficient (Wildman–Crippen LogP) is 3.46. The number of hydrogen-bond acceptors (Lipinski definition) is 6. The van der Waals surface area contributed by atoms with E-state index < -0.39 is 0 Å². The highest BCUT2D eigenvalue weighted by molar-refractivity contribution is 6.07. The van der Waals surface area contributed by atoms with Gasteiger partial charge < -0.3 is 9.64 Å². The molecule has 3 aromatic heterocycles. The van der Waals surface area contributed by atoms with Crippen molar-refractivity contribution in [3.05, 3.63) is 84.1 Å². The van der Waals surface area contributed by atoms with Crippen LogP contribution in [0.2, 0.25) is 0 Å². The lowest BCUT2D eigenvalue weighted by molar-refractivity contribution is 0.0989. The van der Waals surface area contributed by atoms with Crippen LogP contribution < -0.4 is 4.90 Å². The van der Waals surface area contributed by atoms with E-state index in [-0.39, 0.29) is 12.2 Å². The van der Waals surface area contributed by atoms with E-state index in [0.29, 0.717) is 12.2 Å². The number of anilines is 1. The molecule has 176 valence electrons. The summed E-state index contributed by atoms with van der Waals surface area (Å²) in [7, 11) is 0. The molecule has 2 aromatic carbocycles. The first-order valence-corrected chi connectivity index (χ1v) is 11.7. The van der Waals surface area contributed by atoms with E-state index in [4.69, 9.17) is 4.74 Å². The zero-order valence-electron chi connectivity index (χ0n) is 19.1. The average molecular weight is 468 g/mol. The molecule has 1 aliphatic heterocycles. The van der Waals surface area contributed by atoms with Crippen molar-refractivity contribution in [2.75, 3.05) is 31.2 Å². The van der Waals surface area contributed by atoms with Gasteiger partial charge in [0.05, 0.1) is 37.7 Å². The number of nitrogens with one attached hydrogen (secondary N) is 2. The summed E-state index contributed by atoms with van der Waals surface area (Å²) < 4.78 is 7.34. The number of fused-ring (bicyclic) bond motifs is 1. The zero-order valence-corrected chi connectivity index (χ0v) is 19.1. The maximum Gasteiger partial charge on any atom is 0.188 e. The van der Waals surface area contributed by atoms with Crippen molar-refractivity contribution >= 4 is 22.4 Å². The molecule has 0 saturated carbocycles. The molecule has 0 bridgehead atoms. The molecule has 0 spiro atoms. The van der Waals surface area contributed by atoms with Crippen molar-refractivity contribution in [2.24, 2.45) is 0 Å². The molecule has 0 amide bonds. The molecular formula is C26H25N7O2. The maximum atomic E-state index is 13.0. The van der Waals surface area contributed by atoms with Gasteiger partial charge >= 0.3 is 0 Å². The van der Waals surface area contributed by atoms with E-state index in [0.717, 1.165) is 53.9 Å². The van der Waals surface area contributed by atoms with Gasteiger partial charge in [-0.25, -0.2) is 0 Å². The van der Waals surface area contributed by atoms with Gasteiger partial charge in [-0.2, -0.15) is 15.3 Å². The fourth-order valence-electron chi connectivity index (χ4n) is 4.53. The van der Waals surface area contributed by atoms with Crippen molar-refractivity contribution in [3.63, 3.8) is 0 Å². The van der Waals surface area contributed by atoms with E-state index >= 15 is 0 Å². The number of aromatic nitrogens is 6. The minimum Gasteiger partial charge on any atom is -0.378 e. The smallest absolute Gasteiger partial charge is 0.188 e. The summed E-state index contributed by atoms with van der Waals surface area (Å²) in [5.74, 6) is -0.0406. The Morgan fingerprint density at radius 1 is 1.03 bits per heavy atom. The standard InChI is InChI=1S/C26H25N7O2/c34-25(26-23-5-4-20(12-24(23)30-31-26)21-14-27-28-15-21)11-19-13-29-33(17-19)16-18-2-1-3-22(10-18)32-6-8-35-9-7-32/h1-5,10,12-15,17H,6-9,11,16H2,(H,27,28)(H,30,31). The predicted molar refractivity (Wildman–Crippen MR) is 133 cm³/mol. The van der Waals surface area contributed by atoms with E-state index in [9.17, 15) is 4.79 Å². The van der Waals surface area contributed by atoms with Crippen molar-refractivity contribution < 1.29 is 9.53 Å². The fraction of sp³-hybridized carbons (Fsp3) is 0.231. The van der Waals surface area contributed by atoms with Crippen LogP contribution in [0.3, 0.4) is 0 Å². The number of morpholine rings is 1. The lowest BCUT2D eigenvalue weighted by Crippen LogP contribution is -2.36. The minimum atomic E-state index is -0.0406. The van der Waals surface area contributed by atoms with Gasteiger partial charge in [0.25, 0.3) is 0 Å². The Morgan fingerprint density at radius 2 is 1.94 bits per heavy atom. The Morgan fingerprint density at radius 3 is 2.80 bits per heavy atom. The van der Waals surface area contributed by atoms with Crippen LogP contribution in [0.4, 0.5) is 5.69 Å². The van der Waals surface area contributed by atoms with Crippen LogP contribution in [-0.2, 0) is 17.7 Å². The number of ether oxygens (including phenoxy) is 1. The first kappa shape index (κ1) is 21.3. The van der Waals surface area contributed by atoms with Crippen LogP contribution >= 0.6 is 0 Å². The number of benzene rings is 2. The summed E-state index contributed by atoms with van der Waals surface area (Å²) in [6.45, 7) is 3.98. The molecule has 0 atom stereocenters. The van der Waals surface area contributed by atoms with Gasteiger partial charge in [-0.05, 0) is 41.0 Å². The molecule has 1 aliphatic rings. The second kappa shape index (κ2) is 9.19. The zero-order chi connectivity index (χ0) is 23.6. The second-order valence-corrected chi connectivity index (χ2v) is 8.73. The summed E-state index contributed by atoms with van der Waals surface area (Å²) >= 11 is 0. The molecule has 2 N–H and O–H groups in total. The maximum absolute atomic E-state index is 13.0. The normalized spacial score (nSPS) is 14.0. The van der Waals surface area contributed by atoms with Crippen LogP contribution in [-0.4, -0.2) is 62.3 Å². The molecule has 0 unspecified atom stereocenters. The van der Waals surface area contributed by atoms with Gasteiger partial charge in [0.1, 0.15) is 5.69 Å². The summed E-state index contributed by atoms with van der Waals surface area (Å²) in [6.07, 6.45) is 7.54. The number of hydrogen-bond donors (Lipinski definition) is 2. The Balaban J connectivity index is 1.14. The van der Waals surface area contributed by atoms with Crippen LogP contribution in [0.25, 0.3) is 22.0 Å². The Hall–Kier alpha value is -4.24. The van der Waals surface area contributed by atoms with Gasteiger partial charge in [0, 0.05) is 48.5 Å². The van der Waals surface area contributed by atoms with Crippen LogP contribution in [0.1, 0.15) is 21.6 Å². The van der Waals surface area contributed by atoms with E-state index in [2.05, 4.69) is 54.7 Å². The minimum absolute atomic E-state index is 0.0406. The number of carbonyl (C=O) groups excluding carboxylic acids is 1. The largest absolute Gasteiger partial charge is 0.378 e. The van der Waals surface area contributed by atoms with Gasteiger partial charge in [0.15, 0.2) is 5.78 Å². The molecule has 0 radical (unpaired) electrons. The highest BCUT2D eigenvalue weighted by Gasteiger charge is 2.17. The van der Waals surface area contributed by atoms with E-state index in [1.165, 1.54) is 11.3 Å². The summed E-state index contributed by atoms with van der Waals surface area (Å²) in [5, 5.41) is 19.4. The summed E-state index contributed by atoms with van der Waals surface area (Å²) in [5.41, 5.74) is 6.50. The molecule has 1 saturated heterocycles. The van der Waals surface area contributed by atoms with Crippen LogP contribution in [0, 0.1) is 0 Å². The summed E-state index contributed by atoms with van der Waals surface area (Å²) in [6, 6.07) is 14.4. The SMILES string of the molecule is O=C(Cc1cnn(Cc2cccc(N3CCOCC3)c2)c1)c1n[nH]c2cc(-c3cn[nH]c3)ccc12. The molecule has 35 heavy (non-hydrogen) atoms. The Bertz CT molecular complexity index is 1460. The third kappa shape index (κ3) is 4.45. The van der Waals surface area contributed by atoms with Gasteiger partial charge in [-0.3, -0.25) is 19.7 Å². The van der Waals surface area contributed by atoms with Crippen LogP contribution in [0.15, 0.2) is 67.3 Å². The summed E-state index contributed by atoms with van der Waals surface area (Å²) in [4.78, 5) is 15.4. The van der Waals surface area contributed by atoms with Crippen LogP contribution in [0.5, 0.6) is 0 Å². The molecule has 9 heteroatoms. The average Bonchev–Trinajstić information content (AvgIpc) is 3.66. The molecule has 0 aliphatic carbocycles. The van der Waals surface area contributed by atoms with Gasteiger partial charge in [-0.1, -0.05) is 18.2 Å². The third-order valence-corrected chi connectivity index (χ3v) is 6.34. The number of carbonyl (C=O) groups is 1. The van der Waals surface area contributed by atoms with Crippen molar-refractivity contribution in [2.45, 2.75) is 13.0 Å².